The van der Waals surface area contributed by atoms with Crippen LogP contribution in [0, 0.1) is 5.92 Å². The lowest BCUT2D eigenvalue weighted by Gasteiger charge is -2.37. The van der Waals surface area contributed by atoms with Gasteiger partial charge in [0.1, 0.15) is 5.75 Å². The standard InChI is InChI=1S/C39H46ClN5O5Si/c1-26-37(51(3,4)32-15-13-31(49-2)14-16-32)35(18-21-43-25-29(19-22-46)41-42-43)50-39(26)33-23-28(40)10-17-34(33)45(38(39)48)24-27-8-11-30(12-9-27)44-20-6-5-7-36(44)47/h8-17,23,25-26,35,37,46H,5-7,18-22,24H2,1-4H3/t26-,35+,37-,39+/m0/s1. The number of aliphatic hydroxyl groups is 1. The molecule has 2 fully saturated rings. The molecule has 0 radical (unpaired) electrons. The summed E-state index contributed by atoms with van der Waals surface area (Å²) in [5, 5.41) is 19.7. The number of halogens is 1. The number of aryl methyl sites for hydroxylation is 1. The van der Waals surface area contributed by atoms with E-state index in [1.54, 1.807) is 11.8 Å². The highest BCUT2D eigenvalue weighted by atomic mass is 35.5. The average Bonchev–Trinajstić information content (AvgIpc) is 3.78. The fourth-order valence-corrected chi connectivity index (χ4v) is 12.9. The Balaban J connectivity index is 1.24. The maximum Gasteiger partial charge on any atom is 0.264 e. The molecule has 0 unspecified atom stereocenters. The van der Waals surface area contributed by atoms with Crippen LogP contribution in [0.5, 0.6) is 5.75 Å². The molecule has 0 saturated carbocycles. The van der Waals surface area contributed by atoms with Crippen LogP contribution in [0.2, 0.25) is 23.7 Å². The molecule has 10 nitrogen and oxygen atoms in total. The van der Waals surface area contributed by atoms with Crippen LogP contribution in [0.15, 0.2) is 72.9 Å². The molecule has 12 heteroatoms. The van der Waals surface area contributed by atoms with Crippen molar-refractivity contribution in [2.75, 3.05) is 30.1 Å². The highest BCUT2D eigenvalue weighted by molar-refractivity contribution is 6.91. The highest BCUT2D eigenvalue weighted by Crippen LogP contribution is 2.60. The summed E-state index contributed by atoms with van der Waals surface area (Å²) in [5.41, 5.74) is 3.03. The Bertz CT molecular complexity index is 1900. The van der Waals surface area contributed by atoms with E-state index in [0.717, 1.165) is 53.3 Å². The second-order valence-electron chi connectivity index (χ2n) is 14.6. The van der Waals surface area contributed by atoms with Crippen LogP contribution in [0.3, 0.4) is 0 Å². The van der Waals surface area contributed by atoms with Crippen LogP contribution in [-0.2, 0) is 39.4 Å². The number of hydrogen-bond acceptors (Lipinski definition) is 7. The zero-order valence-electron chi connectivity index (χ0n) is 29.7. The second-order valence-corrected chi connectivity index (χ2v) is 19.7. The fourth-order valence-electron chi connectivity index (χ4n) is 8.69. The number of ether oxygens (including phenoxy) is 2. The smallest absolute Gasteiger partial charge is 0.264 e. The van der Waals surface area contributed by atoms with Gasteiger partial charge in [-0.3, -0.25) is 14.3 Å². The van der Waals surface area contributed by atoms with Crippen molar-refractivity contribution in [1.29, 1.82) is 0 Å². The van der Waals surface area contributed by atoms with Gasteiger partial charge in [-0.15, -0.1) is 5.10 Å². The number of hydrogen-bond donors (Lipinski definition) is 1. The van der Waals surface area contributed by atoms with E-state index in [0.29, 0.717) is 37.4 Å². The van der Waals surface area contributed by atoms with Gasteiger partial charge in [0, 0.05) is 60.9 Å². The maximum absolute atomic E-state index is 15.1. The molecule has 2 amide bonds. The zero-order valence-corrected chi connectivity index (χ0v) is 31.5. The SMILES string of the molecule is COc1ccc([Si](C)(C)[C@@H]2[C@@H](CCn3cc(CCO)nn3)O[C@]3(C(=O)N(Cc4ccc(N5CCCCC5=O)cc4)c4ccc(Cl)cc43)[C@H]2C)cc1. The van der Waals surface area contributed by atoms with Crippen LogP contribution in [0.25, 0.3) is 0 Å². The predicted octanol–water partition coefficient (Wildman–Crippen LogP) is 5.84. The number of rotatable bonds is 11. The predicted molar refractivity (Wildman–Crippen MR) is 200 cm³/mol. The number of nitrogens with zero attached hydrogens (tertiary/aromatic N) is 5. The number of carbonyl (C=O) groups is 2. The third-order valence-corrected chi connectivity index (χ3v) is 15.9. The molecule has 1 aromatic heterocycles. The van der Waals surface area contributed by atoms with E-state index in [-0.39, 0.29) is 36.0 Å². The first-order valence-electron chi connectivity index (χ1n) is 17.9. The topological polar surface area (TPSA) is 110 Å². The Labute approximate surface area is 305 Å². The molecule has 51 heavy (non-hydrogen) atoms. The van der Waals surface area contributed by atoms with E-state index < -0.39 is 13.7 Å². The number of aliphatic hydroxyl groups excluding tert-OH is 1. The van der Waals surface area contributed by atoms with Gasteiger partial charge in [-0.1, -0.05) is 66.3 Å². The van der Waals surface area contributed by atoms with Crippen LogP contribution in [0.4, 0.5) is 11.4 Å². The molecule has 4 aromatic rings. The second kappa shape index (κ2) is 14.2. The minimum absolute atomic E-state index is 0.0109. The van der Waals surface area contributed by atoms with Gasteiger partial charge in [-0.25, -0.2) is 0 Å². The average molecular weight is 728 g/mol. The summed E-state index contributed by atoms with van der Waals surface area (Å²) in [7, 11) is -0.660. The van der Waals surface area contributed by atoms with Gasteiger partial charge in [0.05, 0.1) is 39.2 Å². The summed E-state index contributed by atoms with van der Waals surface area (Å²) < 4.78 is 14.5. The van der Waals surface area contributed by atoms with Gasteiger partial charge in [0.15, 0.2) is 5.60 Å². The van der Waals surface area contributed by atoms with Crippen LogP contribution >= 0.6 is 11.6 Å². The monoisotopic (exact) mass is 727 g/mol. The molecule has 4 heterocycles. The lowest BCUT2D eigenvalue weighted by atomic mass is 9.82. The third kappa shape index (κ3) is 6.39. The van der Waals surface area contributed by atoms with Crippen molar-refractivity contribution in [3.8, 4) is 5.75 Å². The summed E-state index contributed by atoms with van der Waals surface area (Å²) in [4.78, 5) is 31.4. The minimum Gasteiger partial charge on any atom is -0.497 e. The number of methoxy groups -OCH3 is 1. The Morgan fingerprint density at radius 3 is 2.53 bits per heavy atom. The van der Waals surface area contributed by atoms with E-state index >= 15 is 4.79 Å². The molecule has 268 valence electrons. The first-order valence-corrected chi connectivity index (χ1v) is 21.4. The van der Waals surface area contributed by atoms with E-state index in [4.69, 9.17) is 21.1 Å². The highest BCUT2D eigenvalue weighted by Gasteiger charge is 2.66. The Kier molecular flexibility index (Phi) is 9.83. The van der Waals surface area contributed by atoms with Crippen molar-refractivity contribution in [2.24, 2.45) is 5.92 Å². The number of amides is 2. The number of anilines is 2. The van der Waals surface area contributed by atoms with E-state index in [2.05, 4.69) is 42.5 Å². The van der Waals surface area contributed by atoms with Gasteiger partial charge in [-0.2, -0.15) is 0 Å². The Morgan fingerprint density at radius 1 is 1.06 bits per heavy atom. The molecular weight excluding hydrogens is 682 g/mol. The minimum atomic E-state index is -2.33. The first-order chi connectivity index (χ1) is 24.6. The van der Waals surface area contributed by atoms with Gasteiger partial charge in [-0.05, 0) is 72.8 Å². The van der Waals surface area contributed by atoms with Crippen molar-refractivity contribution in [3.63, 3.8) is 0 Å². The largest absolute Gasteiger partial charge is 0.497 e. The Morgan fingerprint density at radius 2 is 1.82 bits per heavy atom. The van der Waals surface area contributed by atoms with Crippen LogP contribution in [0.1, 0.15) is 49.4 Å². The number of fused-ring (bicyclic) bond motifs is 2. The lowest BCUT2D eigenvalue weighted by molar-refractivity contribution is -0.146. The normalized spacial score (nSPS) is 23.4. The molecule has 1 N–H and O–H groups in total. The van der Waals surface area contributed by atoms with Crippen LogP contribution in [-0.4, -0.2) is 66.4 Å². The molecule has 4 atom stereocenters. The maximum atomic E-state index is 15.1. The zero-order chi connectivity index (χ0) is 35.9. The summed E-state index contributed by atoms with van der Waals surface area (Å²) in [5.74, 6) is 0.705. The number of piperidine rings is 1. The van der Waals surface area contributed by atoms with E-state index in [1.807, 2.05) is 70.6 Å². The van der Waals surface area contributed by atoms with Gasteiger partial charge in [0.25, 0.3) is 5.91 Å². The number of aromatic nitrogens is 3. The van der Waals surface area contributed by atoms with Gasteiger partial charge in [0.2, 0.25) is 5.91 Å². The molecular formula is C39H46ClN5O5Si. The molecule has 3 aliphatic rings. The lowest BCUT2D eigenvalue weighted by Crippen LogP contribution is -2.51. The third-order valence-electron chi connectivity index (χ3n) is 11.3. The van der Waals surface area contributed by atoms with Crippen molar-refractivity contribution in [3.05, 3.63) is 94.8 Å². The molecule has 0 aliphatic carbocycles. The van der Waals surface area contributed by atoms with E-state index in [9.17, 15) is 9.90 Å². The van der Waals surface area contributed by atoms with Crippen molar-refractivity contribution in [1.82, 2.24) is 15.0 Å². The molecule has 1 spiro atoms. The summed E-state index contributed by atoms with van der Waals surface area (Å²) in [6.45, 7) is 8.57. The molecule has 2 saturated heterocycles. The number of carbonyl (C=O) groups excluding carboxylic acids is 2. The van der Waals surface area contributed by atoms with Crippen molar-refractivity contribution in [2.45, 2.75) is 82.5 Å². The first kappa shape index (κ1) is 35.4. The van der Waals surface area contributed by atoms with Crippen LogP contribution < -0.4 is 19.7 Å². The van der Waals surface area contributed by atoms with Gasteiger partial charge < -0.3 is 24.4 Å². The summed E-state index contributed by atoms with van der Waals surface area (Å²) >= 11 is 6.69. The van der Waals surface area contributed by atoms with Crippen molar-refractivity contribution < 1.29 is 24.2 Å². The quantitative estimate of drug-likeness (QED) is 0.193. The van der Waals surface area contributed by atoms with Gasteiger partial charge >= 0.3 is 0 Å². The molecule has 3 aromatic carbocycles. The summed E-state index contributed by atoms with van der Waals surface area (Å²) in [6, 6.07) is 22.0. The van der Waals surface area contributed by atoms with E-state index in [1.165, 1.54) is 5.19 Å². The fraction of sp³-hybridized carbons (Fsp3) is 0.436. The molecule has 7 rings (SSSR count). The summed E-state index contributed by atoms with van der Waals surface area (Å²) in [6.07, 6.45) is 5.20. The number of benzene rings is 3. The molecule has 3 aliphatic heterocycles. The molecule has 0 bridgehead atoms. The Hall–Kier alpha value is -4.03. The van der Waals surface area contributed by atoms with Crippen molar-refractivity contribution >= 4 is 48.1 Å².